The number of carbonyl (C=O) groups excluding carboxylic acids is 1. The van der Waals surface area contributed by atoms with Crippen molar-refractivity contribution in [2.24, 2.45) is 5.41 Å². The molecule has 0 saturated carbocycles. The molecule has 1 aromatic rings. The van der Waals surface area contributed by atoms with Gasteiger partial charge in [0.05, 0.1) is 17.3 Å². The van der Waals surface area contributed by atoms with Gasteiger partial charge in [0.25, 0.3) is 5.91 Å². The number of likely N-dealkylation sites (tertiary alicyclic amines) is 1. The van der Waals surface area contributed by atoms with Gasteiger partial charge in [0.2, 0.25) is 0 Å². The van der Waals surface area contributed by atoms with Gasteiger partial charge in [-0.15, -0.1) is 0 Å². The Labute approximate surface area is 117 Å². The van der Waals surface area contributed by atoms with Crippen LogP contribution in [0.1, 0.15) is 36.7 Å². The number of hydrogen-bond donors (Lipinski definition) is 2. The van der Waals surface area contributed by atoms with Gasteiger partial charge in [0.15, 0.2) is 0 Å². The number of nitrogens with two attached hydrogens (primary N) is 1. The van der Waals surface area contributed by atoms with E-state index in [1.165, 1.54) is 6.20 Å². The van der Waals surface area contributed by atoms with Crippen molar-refractivity contribution in [3.63, 3.8) is 0 Å². The molecule has 1 amide bonds. The first-order valence-corrected chi connectivity index (χ1v) is 6.73. The number of aliphatic carboxylic acids is 1. The van der Waals surface area contributed by atoms with Crippen molar-refractivity contribution >= 4 is 17.6 Å². The molecule has 20 heavy (non-hydrogen) atoms. The number of amides is 1. The summed E-state index contributed by atoms with van der Waals surface area (Å²) in [5.41, 5.74) is 5.51. The van der Waals surface area contributed by atoms with Crippen LogP contribution in [-0.2, 0) is 4.79 Å². The van der Waals surface area contributed by atoms with Crippen molar-refractivity contribution in [3.8, 4) is 0 Å². The SMILES string of the molecule is CCC1(C(=O)O)CCCN(C(=O)c2ccc(N)cn2)C1. The van der Waals surface area contributed by atoms with Crippen LogP contribution in [0, 0.1) is 5.41 Å². The van der Waals surface area contributed by atoms with Gasteiger partial charge in [-0.3, -0.25) is 9.59 Å². The molecule has 1 fully saturated rings. The maximum atomic E-state index is 12.4. The van der Waals surface area contributed by atoms with Crippen LogP contribution in [-0.4, -0.2) is 40.0 Å². The number of aromatic nitrogens is 1. The summed E-state index contributed by atoms with van der Waals surface area (Å²) in [4.78, 5) is 29.4. The lowest BCUT2D eigenvalue weighted by atomic mass is 9.77. The molecule has 0 radical (unpaired) electrons. The Kier molecular flexibility index (Phi) is 3.92. The van der Waals surface area contributed by atoms with Gasteiger partial charge in [-0.05, 0) is 31.4 Å². The summed E-state index contributed by atoms with van der Waals surface area (Å²) >= 11 is 0. The minimum atomic E-state index is -0.832. The lowest BCUT2D eigenvalue weighted by Gasteiger charge is -2.39. The highest BCUT2D eigenvalue weighted by Gasteiger charge is 2.42. The van der Waals surface area contributed by atoms with Gasteiger partial charge in [-0.2, -0.15) is 0 Å². The second-order valence-corrected chi connectivity index (χ2v) is 5.25. The number of rotatable bonds is 3. The summed E-state index contributed by atoms with van der Waals surface area (Å²) in [6, 6.07) is 3.19. The number of nitrogen functional groups attached to an aromatic ring is 1. The quantitative estimate of drug-likeness (QED) is 0.870. The fourth-order valence-electron chi connectivity index (χ4n) is 2.61. The Hall–Kier alpha value is -2.11. The Morgan fingerprint density at radius 2 is 2.25 bits per heavy atom. The van der Waals surface area contributed by atoms with Gasteiger partial charge < -0.3 is 15.7 Å². The summed E-state index contributed by atoms with van der Waals surface area (Å²) in [7, 11) is 0. The number of anilines is 1. The van der Waals surface area contributed by atoms with Gasteiger partial charge in [0.1, 0.15) is 5.69 Å². The highest BCUT2D eigenvalue weighted by atomic mass is 16.4. The molecule has 1 aliphatic rings. The summed E-state index contributed by atoms with van der Waals surface area (Å²) < 4.78 is 0. The summed E-state index contributed by atoms with van der Waals surface area (Å²) in [6.45, 7) is 2.66. The molecule has 1 aliphatic heterocycles. The van der Waals surface area contributed by atoms with Gasteiger partial charge in [-0.1, -0.05) is 6.92 Å². The van der Waals surface area contributed by atoms with Gasteiger partial charge in [-0.25, -0.2) is 4.98 Å². The number of nitrogens with zero attached hydrogens (tertiary/aromatic N) is 2. The highest BCUT2D eigenvalue weighted by Crippen LogP contribution is 2.34. The predicted molar refractivity (Wildman–Crippen MR) is 74.1 cm³/mol. The maximum absolute atomic E-state index is 12.4. The molecule has 6 heteroatoms. The van der Waals surface area contributed by atoms with Gasteiger partial charge in [0, 0.05) is 13.1 Å². The number of hydrogen-bond acceptors (Lipinski definition) is 4. The molecule has 1 aromatic heterocycles. The first kappa shape index (κ1) is 14.3. The Bertz CT molecular complexity index is 515. The molecule has 2 heterocycles. The summed E-state index contributed by atoms with van der Waals surface area (Å²) in [5, 5.41) is 9.43. The van der Waals surface area contributed by atoms with E-state index in [1.807, 2.05) is 6.92 Å². The van der Waals surface area contributed by atoms with Crippen molar-refractivity contribution in [2.75, 3.05) is 18.8 Å². The van der Waals surface area contributed by atoms with E-state index in [9.17, 15) is 14.7 Å². The zero-order chi connectivity index (χ0) is 14.8. The third-order valence-corrected chi connectivity index (χ3v) is 4.00. The topological polar surface area (TPSA) is 96.5 Å². The van der Waals surface area contributed by atoms with Crippen LogP contribution in [0.2, 0.25) is 0 Å². The average Bonchev–Trinajstić information content (AvgIpc) is 2.47. The number of carboxylic acid groups (broad SMARTS) is 1. The molecular weight excluding hydrogens is 258 g/mol. The molecule has 0 aliphatic carbocycles. The maximum Gasteiger partial charge on any atom is 0.311 e. The molecule has 108 valence electrons. The molecule has 0 spiro atoms. The summed E-state index contributed by atoms with van der Waals surface area (Å²) in [6.07, 6.45) is 3.25. The molecule has 1 atom stereocenters. The number of pyridine rings is 1. The van der Waals surface area contributed by atoms with Crippen molar-refractivity contribution in [3.05, 3.63) is 24.0 Å². The van der Waals surface area contributed by atoms with E-state index in [0.29, 0.717) is 37.2 Å². The number of piperidine rings is 1. The molecule has 6 nitrogen and oxygen atoms in total. The Morgan fingerprint density at radius 3 is 2.80 bits per heavy atom. The molecular formula is C14H19N3O3. The van der Waals surface area contributed by atoms with E-state index in [4.69, 9.17) is 5.73 Å². The second-order valence-electron chi connectivity index (χ2n) is 5.25. The zero-order valence-electron chi connectivity index (χ0n) is 11.5. The zero-order valence-corrected chi connectivity index (χ0v) is 11.5. The number of carbonyl (C=O) groups is 2. The molecule has 1 saturated heterocycles. The Balaban J connectivity index is 2.18. The third-order valence-electron chi connectivity index (χ3n) is 4.00. The monoisotopic (exact) mass is 277 g/mol. The van der Waals surface area contributed by atoms with Crippen LogP contribution >= 0.6 is 0 Å². The van der Waals surface area contributed by atoms with Crippen LogP contribution in [0.15, 0.2) is 18.3 Å². The molecule has 0 aromatic carbocycles. The minimum Gasteiger partial charge on any atom is -0.481 e. The van der Waals surface area contributed by atoms with Gasteiger partial charge >= 0.3 is 5.97 Å². The molecule has 0 bridgehead atoms. The first-order chi connectivity index (χ1) is 9.48. The van der Waals surface area contributed by atoms with Crippen LogP contribution in [0.4, 0.5) is 5.69 Å². The van der Waals surface area contributed by atoms with Crippen molar-refractivity contribution in [2.45, 2.75) is 26.2 Å². The van der Waals surface area contributed by atoms with Crippen LogP contribution in [0.5, 0.6) is 0 Å². The Morgan fingerprint density at radius 1 is 1.50 bits per heavy atom. The highest BCUT2D eigenvalue weighted by molar-refractivity contribution is 5.93. The standard InChI is InChI=1S/C14H19N3O3/c1-2-14(13(19)20)6-3-7-17(9-14)12(18)11-5-4-10(15)8-16-11/h4-5,8H,2-3,6-7,9,15H2,1H3,(H,19,20). The van der Waals surface area contributed by atoms with E-state index >= 15 is 0 Å². The molecule has 3 N–H and O–H groups in total. The fraction of sp³-hybridized carbons (Fsp3) is 0.500. The van der Waals surface area contributed by atoms with Crippen molar-refractivity contribution < 1.29 is 14.7 Å². The van der Waals surface area contributed by atoms with E-state index in [-0.39, 0.29) is 12.5 Å². The fourth-order valence-corrected chi connectivity index (χ4v) is 2.61. The van der Waals surface area contributed by atoms with Crippen LogP contribution in [0.3, 0.4) is 0 Å². The largest absolute Gasteiger partial charge is 0.481 e. The second kappa shape index (κ2) is 5.48. The normalized spacial score (nSPS) is 22.6. The molecule has 2 rings (SSSR count). The lowest BCUT2D eigenvalue weighted by Crippen LogP contribution is -2.49. The summed E-state index contributed by atoms with van der Waals surface area (Å²) in [5.74, 6) is -1.06. The van der Waals surface area contributed by atoms with E-state index in [2.05, 4.69) is 4.98 Å². The average molecular weight is 277 g/mol. The van der Waals surface area contributed by atoms with E-state index in [0.717, 1.165) is 0 Å². The van der Waals surface area contributed by atoms with E-state index < -0.39 is 11.4 Å². The lowest BCUT2D eigenvalue weighted by molar-refractivity contribution is -0.152. The van der Waals surface area contributed by atoms with Crippen LogP contribution in [0.25, 0.3) is 0 Å². The smallest absolute Gasteiger partial charge is 0.311 e. The first-order valence-electron chi connectivity index (χ1n) is 6.73. The minimum absolute atomic E-state index is 0.233. The predicted octanol–water partition coefficient (Wildman–Crippen LogP) is 1.38. The van der Waals surface area contributed by atoms with Crippen molar-refractivity contribution in [1.29, 1.82) is 0 Å². The third kappa shape index (κ3) is 2.59. The van der Waals surface area contributed by atoms with E-state index in [1.54, 1.807) is 17.0 Å². The molecule has 1 unspecified atom stereocenters. The van der Waals surface area contributed by atoms with Crippen LogP contribution < -0.4 is 5.73 Å². The van der Waals surface area contributed by atoms with Crippen molar-refractivity contribution in [1.82, 2.24) is 9.88 Å². The number of carboxylic acids is 1.